The van der Waals surface area contributed by atoms with Crippen molar-refractivity contribution in [2.75, 3.05) is 7.11 Å². The molecule has 1 atom stereocenters. The van der Waals surface area contributed by atoms with Crippen LogP contribution in [0.25, 0.3) is 0 Å². The van der Waals surface area contributed by atoms with Gasteiger partial charge in [0.05, 0.1) is 13.3 Å². The van der Waals surface area contributed by atoms with Crippen LogP contribution < -0.4 is 4.74 Å². The van der Waals surface area contributed by atoms with Crippen LogP contribution in [0, 0.1) is 6.92 Å². The highest BCUT2D eigenvalue weighted by Crippen LogP contribution is 2.30. The van der Waals surface area contributed by atoms with Gasteiger partial charge in [0.2, 0.25) is 0 Å². The van der Waals surface area contributed by atoms with Crippen molar-refractivity contribution >= 4 is 0 Å². The van der Waals surface area contributed by atoms with Gasteiger partial charge in [0.25, 0.3) is 0 Å². The molecule has 2 aromatic rings. The third kappa shape index (κ3) is 2.09. The molecule has 96 valence electrons. The first-order chi connectivity index (χ1) is 8.69. The first-order valence-corrected chi connectivity index (χ1v) is 5.87. The van der Waals surface area contributed by atoms with Crippen LogP contribution in [0.3, 0.4) is 0 Å². The van der Waals surface area contributed by atoms with Crippen LogP contribution in [0.2, 0.25) is 0 Å². The summed E-state index contributed by atoms with van der Waals surface area (Å²) in [6.45, 7) is 4.58. The number of aliphatic hydroxyl groups excluding tert-OH is 1. The highest BCUT2D eigenvalue weighted by molar-refractivity contribution is 5.37. The third-order valence-corrected chi connectivity index (χ3v) is 2.98. The van der Waals surface area contributed by atoms with E-state index in [-0.39, 0.29) is 0 Å². The summed E-state index contributed by atoms with van der Waals surface area (Å²) < 4.78 is 6.99. The Balaban J connectivity index is 2.48. The summed E-state index contributed by atoms with van der Waals surface area (Å²) in [6.07, 6.45) is 4.27. The number of aliphatic hydroxyl groups is 1. The van der Waals surface area contributed by atoms with E-state index in [1.165, 1.54) is 0 Å². The first kappa shape index (κ1) is 12.6. The molecule has 0 spiro atoms. The summed E-state index contributed by atoms with van der Waals surface area (Å²) in [7, 11) is 1.58. The van der Waals surface area contributed by atoms with Crippen molar-refractivity contribution in [2.45, 2.75) is 26.5 Å². The van der Waals surface area contributed by atoms with Crippen LogP contribution in [0.1, 0.15) is 29.8 Å². The van der Waals surface area contributed by atoms with E-state index in [1.807, 2.05) is 19.9 Å². The predicted octanol–water partition coefficient (Wildman–Crippen LogP) is 1.70. The molecule has 0 aliphatic carbocycles. The second-order valence-corrected chi connectivity index (χ2v) is 4.05. The van der Waals surface area contributed by atoms with Gasteiger partial charge in [-0.2, -0.15) is 5.10 Å². The minimum absolute atomic E-state index is 0.598. The van der Waals surface area contributed by atoms with Crippen LogP contribution in [0.15, 0.2) is 24.7 Å². The second-order valence-electron chi connectivity index (χ2n) is 4.05. The molecular formula is C13H17N3O2. The number of methoxy groups -OCH3 is 1. The van der Waals surface area contributed by atoms with Crippen molar-refractivity contribution in [2.24, 2.45) is 0 Å². The largest absolute Gasteiger partial charge is 0.493 e. The fraction of sp³-hybridized carbons (Fsp3) is 0.385. The first-order valence-electron chi connectivity index (χ1n) is 5.87. The molecule has 0 saturated heterocycles. The zero-order chi connectivity index (χ0) is 13.1. The lowest BCUT2D eigenvalue weighted by molar-refractivity contribution is 0.201. The normalized spacial score (nSPS) is 12.4. The number of nitrogens with zero attached hydrogens (tertiary/aromatic N) is 3. The maximum absolute atomic E-state index is 10.5. The number of aromatic nitrogens is 3. The highest BCUT2D eigenvalue weighted by Gasteiger charge is 2.22. The van der Waals surface area contributed by atoms with Gasteiger partial charge >= 0.3 is 0 Å². The van der Waals surface area contributed by atoms with Crippen molar-refractivity contribution in [1.29, 1.82) is 0 Å². The number of aryl methyl sites for hydroxylation is 2. The predicted molar refractivity (Wildman–Crippen MR) is 67.5 cm³/mol. The van der Waals surface area contributed by atoms with Crippen LogP contribution in [0.4, 0.5) is 0 Å². The Kier molecular flexibility index (Phi) is 3.62. The molecule has 2 rings (SSSR count). The Morgan fingerprint density at radius 2 is 2.22 bits per heavy atom. The Bertz CT molecular complexity index is 515. The molecule has 5 nitrogen and oxygen atoms in total. The maximum atomic E-state index is 10.5. The van der Waals surface area contributed by atoms with Gasteiger partial charge in [0, 0.05) is 18.9 Å². The smallest absolute Gasteiger partial charge is 0.163 e. The minimum atomic E-state index is -0.759. The van der Waals surface area contributed by atoms with Gasteiger partial charge in [-0.15, -0.1) is 0 Å². The Hall–Kier alpha value is -1.88. The molecular weight excluding hydrogens is 230 g/mol. The van der Waals surface area contributed by atoms with Crippen LogP contribution in [0.5, 0.6) is 5.75 Å². The van der Waals surface area contributed by atoms with E-state index in [0.29, 0.717) is 18.0 Å². The fourth-order valence-electron chi connectivity index (χ4n) is 2.00. The van der Waals surface area contributed by atoms with E-state index in [1.54, 1.807) is 30.4 Å². The van der Waals surface area contributed by atoms with Gasteiger partial charge in [-0.05, 0) is 31.0 Å². The fourth-order valence-corrected chi connectivity index (χ4v) is 2.00. The van der Waals surface area contributed by atoms with Crippen molar-refractivity contribution < 1.29 is 9.84 Å². The summed E-state index contributed by atoms with van der Waals surface area (Å²) >= 11 is 0. The van der Waals surface area contributed by atoms with E-state index in [9.17, 15) is 5.11 Å². The molecule has 2 heterocycles. The van der Waals surface area contributed by atoms with Gasteiger partial charge in [-0.1, -0.05) is 0 Å². The number of ether oxygens (including phenoxy) is 1. The summed E-state index contributed by atoms with van der Waals surface area (Å²) in [5.74, 6) is 0.598. The van der Waals surface area contributed by atoms with E-state index >= 15 is 0 Å². The Labute approximate surface area is 106 Å². The lowest BCUT2D eigenvalue weighted by atomic mass is 10.0. The molecule has 2 aromatic heterocycles. The molecule has 1 unspecified atom stereocenters. The molecule has 0 amide bonds. The maximum Gasteiger partial charge on any atom is 0.163 e. The average molecular weight is 247 g/mol. The molecule has 0 aliphatic heterocycles. The summed E-state index contributed by atoms with van der Waals surface area (Å²) in [5.41, 5.74) is 2.43. The molecule has 0 saturated carbocycles. The standard InChI is InChI=1S/C13H17N3O2/c1-4-16-12(11(18-3)8-15-16)13(17)10-5-6-14-7-9(10)2/h5-8,13,17H,4H2,1-3H3. The molecule has 1 N–H and O–H groups in total. The van der Waals surface area contributed by atoms with E-state index < -0.39 is 6.10 Å². The zero-order valence-electron chi connectivity index (χ0n) is 10.8. The lowest BCUT2D eigenvalue weighted by Crippen LogP contribution is -2.11. The number of hydrogen-bond acceptors (Lipinski definition) is 4. The molecule has 0 bridgehead atoms. The van der Waals surface area contributed by atoms with Crippen molar-refractivity contribution in [3.63, 3.8) is 0 Å². The van der Waals surface area contributed by atoms with Crippen LogP contribution in [-0.4, -0.2) is 27.0 Å². The minimum Gasteiger partial charge on any atom is -0.493 e. The average Bonchev–Trinajstić information content (AvgIpc) is 2.81. The van der Waals surface area contributed by atoms with Gasteiger partial charge in [-0.3, -0.25) is 9.67 Å². The molecule has 18 heavy (non-hydrogen) atoms. The second kappa shape index (κ2) is 5.18. The summed E-state index contributed by atoms with van der Waals surface area (Å²) in [4.78, 5) is 4.03. The van der Waals surface area contributed by atoms with E-state index in [4.69, 9.17) is 4.74 Å². The number of hydrogen-bond donors (Lipinski definition) is 1. The Morgan fingerprint density at radius 3 is 2.83 bits per heavy atom. The SMILES string of the molecule is CCn1ncc(OC)c1C(O)c1ccncc1C. The topological polar surface area (TPSA) is 60.2 Å². The van der Waals surface area contributed by atoms with Crippen molar-refractivity contribution in [3.8, 4) is 5.75 Å². The van der Waals surface area contributed by atoms with Gasteiger partial charge in [0.15, 0.2) is 5.75 Å². The van der Waals surface area contributed by atoms with Crippen molar-refractivity contribution in [1.82, 2.24) is 14.8 Å². The highest BCUT2D eigenvalue weighted by atomic mass is 16.5. The van der Waals surface area contributed by atoms with Gasteiger partial charge in [0.1, 0.15) is 11.8 Å². The van der Waals surface area contributed by atoms with E-state index in [2.05, 4.69) is 10.1 Å². The molecule has 0 aliphatic rings. The van der Waals surface area contributed by atoms with E-state index in [0.717, 1.165) is 11.1 Å². The number of rotatable bonds is 4. The summed E-state index contributed by atoms with van der Waals surface area (Å²) in [5, 5.41) is 14.7. The van der Waals surface area contributed by atoms with Crippen LogP contribution in [-0.2, 0) is 6.54 Å². The van der Waals surface area contributed by atoms with Gasteiger partial charge in [-0.25, -0.2) is 0 Å². The summed E-state index contributed by atoms with van der Waals surface area (Å²) in [6, 6.07) is 1.81. The quantitative estimate of drug-likeness (QED) is 0.893. The zero-order valence-corrected chi connectivity index (χ0v) is 10.8. The molecule has 0 radical (unpaired) electrons. The third-order valence-electron chi connectivity index (χ3n) is 2.98. The Morgan fingerprint density at radius 1 is 1.44 bits per heavy atom. The molecule has 0 fully saturated rings. The van der Waals surface area contributed by atoms with Gasteiger partial charge < -0.3 is 9.84 Å². The van der Waals surface area contributed by atoms with Crippen LogP contribution >= 0.6 is 0 Å². The monoisotopic (exact) mass is 247 g/mol. The molecule has 0 aromatic carbocycles. The lowest BCUT2D eigenvalue weighted by Gasteiger charge is -2.16. The number of pyridine rings is 1. The van der Waals surface area contributed by atoms with Crippen molar-refractivity contribution in [3.05, 3.63) is 41.5 Å². The molecule has 5 heteroatoms.